The number of benzene rings is 1. The Morgan fingerprint density at radius 1 is 1.33 bits per heavy atom. The van der Waals surface area contributed by atoms with E-state index in [0.717, 1.165) is 24.1 Å². The van der Waals surface area contributed by atoms with E-state index in [4.69, 9.17) is 16.3 Å². The summed E-state index contributed by atoms with van der Waals surface area (Å²) < 4.78 is 5.61. The molecule has 1 aromatic carbocycles. The summed E-state index contributed by atoms with van der Waals surface area (Å²) in [5, 5.41) is 1.74. The number of halogens is 2. The Hall–Kier alpha value is -0.210. The van der Waals surface area contributed by atoms with E-state index < -0.39 is 0 Å². The maximum atomic E-state index is 5.97. The van der Waals surface area contributed by atoms with Crippen LogP contribution < -0.4 is 4.74 Å². The minimum atomic E-state index is 0.686. The van der Waals surface area contributed by atoms with Crippen LogP contribution in [0, 0.1) is 5.92 Å². The zero-order chi connectivity index (χ0) is 11.1. The summed E-state index contributed by atoms with van der Waals surface area (Å²) >= 11 is 9.40. The molecule has 0 bridgehead atoms. The third kappa shape index (κ3) is 4.89. The van der Waals surface area contributed by atoms with Crippen molar-refractivity contribution in [3.05, 3.63) is 29.3 Å². The third-order valence-corrected chi connectivity index (χ3v) is 3.08. The van der Waals surface area contributed by atoms with E-state index in [9.17, 15) is 0 Å². The molecule has 0 aliphatic carbocycles. The van der Waals surface area contributed by atoms with Gasteiger partial charge in [-0.15, -0.1) is 0 Å². The van der Waals surface area contributed by atoms with Crippen LogP contribution in [-0.2, 0) is 0 Å². The van der Waals surface area contributed by atoms with Crippen LogP contribution in [0.25, 0.3) is 0 Å². The van der Waals surface area contributed by atoms with Crippen LogP contribution in [0.4, 0.5) is 0 Å². The molecule has 3 heteroatoms. The van der Waals surface area contributed by atoms with E-state index in [1.165, 1.54) is 6.42 Å². The van der Waals surface area contributed by atoms with Gasteiger partial charge in [0.05, 0.1) is 11.6 Å². The van der Waals surface area contributed by atoms with Crippen molar-refractivity contribution in [3.63, 3.8) is 0 Å². The first kappa shape index (κ1) is 12.9. The second-order valence-corrected chi connectivity index (χ2v) is 4.85. The smallest absolute Gasteiger partial charge is 0.137 e. The molecular weight excluding hydrogens is 275 g/mol. The van der Waals surface area contributed by atoms with E-state index in [2.05, 4.69) is 22.9 Å². The lowest BCUT2D eigenvalue weighted by Gasteiger charge is -2.11. The van der Waals surface area contributed by atoms with Crippen LogP contribution in [0.5, 0.6) is 5.75 Å². The lowest BCUT2D eigenvalue weighted by molar-refractivity contribution is 0.282. The summed E-state index contributed by atoms with van der Waals surface area (Å²) in [4.78, 5) is 0. The van der Waals surface area contributed by atoms with Crippen molar-refractivity contribution in [2.45, 2.75) is 19.8 Å². The van der Waals surface area contributed by atoms with Gasteiger partial charge in [-0.2, -0.15) is 0 Å². The Labute approximate surface area is 105 Å². The van der Waals surface area contributed by atoms with Gasteiger partial charge >= 0.3 is 0 Å². The first-order valence-electron chi connectivity index (χ1n) is 5.17. The number of rotatable bonds is 6. The number of hydrogen-bond acceptors (Lipinski definition) is 1. The molecular formula is C12H16BrClO. The molecule has 0 radical (unpaired) electrons. The van der Waals surface area contributed by atoms with Crippen molar-refractivity contribution >= 4 is 27.5 Å². The lowest BCUT2D eigenvalue weighted by atomic mass is 10.1. The SMILES string of the molecule is CC(CCBr)CCOc1ccccc1Cl. The van der Waals surface area contributed by atoms with Crippen molar-refractivity contribution in [3.8, 4) is 5.75 Å². The molecule has 1 atom stereocenters. The molecule has 0 aromatic heterocycles. The topological polar surface area (TPSA) is 9.23 Å². The normalized spacial score (nSPS) is 12.5. The second kappa shape index (κ2) is 7.13. The Balaban J connectivity index is 2.29. The average molecular weight is 292 g/mol. The molecule has 0 amide bonds. The fraction of sp³-hybridized carbons (Fsp3) is 0.500. The highest BCUT2D eigenvalue weighted by atomic mass is 79.9. The van der Waals surface area contributed by atoms with Crippen molar-refractivity contribution in [2.24, 2.45) is 5.92 Å². The van der Waals surface area contributed by atoms with Gasteiger partial charge in [-0.3, -0.25) is 0 Å². The van der Waals surface area contributed by atoms with Crippen molar-refractivity contribution in [2.75, 3.05) is 11.9 Å². The van der Waals surface area contributed by atoms with Gasteiger partial charge in [0.1, 0.15) is 5.75 Å². The molecule has 0 heterocycles. The number of ether oxygens (including phenoxy) is 1. The molecule has 84 valence electrons. The van der Waals surface area contributed by atoms with Gasteiger partial charge in [-0.25, -0.2) is 0 Å². The van der Waals surface area contributed by atoms with Crippen molar-refractivity contribution < 1.29 is 4.74 Å². The van der Waals surface area contributed by atoms with E-state index in [1.54, 1.807) is 0 Å². The summed E-state index contributed by atoms with van der Waals surface area (Å²) in [6.45, 7) is 2.97. The number of para-hydroxylation sites is 1. The average Bonchev–Trinajstić information content (AvgIpc) is 2.21. The molecule has 1 aromatic rings. The van der Waals surface area contributed by atoms with Crippen LogP contribution in [0.1, 0.15) is 19.8 Å². The van der Waals surface area contributed by atoms with Gasteiger partial charge in [0.25, 0.3) is 0 Å². The highest BCUT2D eigenvalue weighted by Gasteiger charge is 2.03. The molecule has 15 heavy (non-hydrogen) atoms. The summed E-state index contributed by atoms with van der Waals surface area (Å²) in [5.41, 5.74) is 0. The number of alkyl halides is 1. The minimum Gasteiger partial charge on any atom is -0.492 e. The Morgan fingerprint density at radius 2 is 2.07 bits per heavy atom. The first-order valence-corrected chi connectivity index (χ1v) is 6.67. The largest absolute Gasteiger partial charge is 0.492 e. The molecule has 1 nitrogen and oxygen atoms in total. The van der Waals surface area contributed by atoms with Gasteiger partial charge in [-0.1, -0.05) is 46.6 Å². The third-order valence-electron chi connectivity index (χ3n) is 2.31. The Morgan fingerprint density at radius 3 is 2.73 bits per heavy atom. The molecule has 0 spiro atoms. The molecule has 0 saturated heterocycles. The van der Waals surface area contributed by atoms with Gasteiger partial charge in [0.15, 0.2) is 0 Å². The van der Waals surface area contributed by atoms with Gasteiger partial charge in [-0.05, 0) is 30.9 Å². The Kier molecular flexibility index (Phi) is 6.11. The number of hydrogen-bond donors (Lipinski definition) is 0. The summed E-state index contributed by atoms with van der Waals surface area (Å²) in [7, 11) is 0. The monoisotopic (exact) mass is 290 g/mol. The molecule has 0 aliphatic rings. The predicted molar refractivity (Wildman–Crippen MR) is 69.1 cm³/mol. The fourth-order valence-corrected chi connectivity index (χ4v) is 2.23. The molecule has 1 unspecified atom stereocenters. The van der Waals surface area contributed by atoms with Gasteiger partial charge in [0, 0.05) is 5.33 Å². The maximum Gasteiger partial charge on any atom is 0.137 e. The maximum absolute atomic E-state index is 5.97. The standard InChI is InChI=1S/C12H16BrClO/c1-10(6-8-13)7-9-15-12-5-3-2-4-11(12)14/h2-5,10H,6-9H2,1H3. The fourth-order valence-electron chi connectivity index (χ4n) is 1.26. The Bertz CT molecular complexity index is 291. The van der Waals surface area contributed by atoms with Gasteiger partial charge in [0.2, 0.25) is 0 Å². The second-order valence-electron chi connectivity index (χ2n) is 3.65. The minimum absolute atomic E-state index is 0.686. The molecule has 0 aliphatic heterocycles. The molecule has 0 fully saturated rings. The van der Waals surface area contributed by atoms with Crippen molar-refractivity contribution in [1.29, 1.82) is 0 Å². The predicted octanol–water partition coefficient (Wildman–Crippen LogP) is 4.53. The highest BCUT2D eigenvalue weighted by molar-refractivity contribution is 9.09. The van der Waals surface area contributed by atoms with Crippen LogP contribution in [-0.4, -0.2) is 11.9 Å². The van der Waals surface area contributed by atoms with Crippen LogP contribution >= 0.6 is 27.5 Å². The first-order chi connectivity index (χ1) is 7.24. The summed E-state index contributed by atoms with van der Waals surface area (Å²) in [5.74, 6) is 1.47. The molecule has 0 N–H and O–H groups in total. The quantitative estimate of drug-likeness (QED) is 0.700. The summed E-state index contributed by atoms with van der Waals surface area (Å²) in [6, 6.07) is 7.59. The van der Waals surface area contributed by atoms with Gasteiger partial charge < -0.3 is 4.74 Å². The lowest BCUT2D eigenvalue weighted by Crippen LogP contribution is -2.04. The van der Waals surface area contributed by atoms with E-state index in [-0.39, 0.29) is 0 Å². The van der Waals surface area contributed by atoms with Crippen LogP contribution in [0.2, 0.25) is 5.02 Å². The zero-order valence-electron chi connectivity index (χ0n) is 8.88. The van der Waals surface area contributed by atoms with E-state index >= 15 is 0 Å². The molecule has 1 rings (SSSR count). The molecule has 0 saturated carbocycles. The van der Waals surface area contributed by atoms with E-state index in [1.807, 2.05) is 24.3 Å². The summed E-state index contributed by atoms with van der Waals surface area (Å²) in [6.07, 6.45) is 2.25. The zero-order valence-corrected chi connectivity index (χ0v) is 11.2. The van der Waals surface area contributed by atoms with Crippen LogP contribution in [0.15, 0.2) is 24.3 Å². The van der Waals surface area contributed by atoms with Crippen LogP contribution in [0.3, 0.4) is 0 Å². The van der Waals surface area contributed by atoms with Crippen molar-refractivity contribution in [1.82, 2.24) is 0 Å². The van der Waals surface area contributed by atoms with E-state index in [0.29, 0.717) is 10.9 Å². The highest BCUT2D eigenvalue weighted by Crippen LogP contribution is 2.23.